The normalized spacial score (nSPS) is 11.9. The van der Waals surface area contributed by atoms with E-state index in [9.17, 15) is 18.0 Å². The zero-order chi connectivity index (χ0) is 27.0. The van der Waals surface area contributed by atoms with Crippen LogP contribution in [0, 0.1) is 0 Å². The molecule has 0 radical (unpaired) electrons. The van der Waals surface area contributed by atoms with Crippen molar-refractivity contribution in [3.8, 4) is 5.75 Å². The van der Waals surface area contributed by atoms with E-state index >= 15 is 0 Å². The molecule has 0 aromatic heterocycles. The molecule has 1 N–H and O–H groups in total. The first kappa shape index (κ1) is 28.0. The maximum atomic E-state index is 13.8. The minimum atomic E-state index is -4.18. The Morgan fingerprint density at radius 3 is 2.27 bits per heavy atom. The van der Waals surface area contributed by atoms with Crippen molar-refractivity contribution >= 4 is 39.1 Å². The predicted molar refractivity (Wildman–Crippen MR) is 144 cm³/mol. The molecule has 0 bridgehead atoms. The van der Waals surface area contributed by atoms with Crippen molar-refractivity contribution < 1.29 is 22.7 Å². The molecule has 0 aliphatic carbocycles. The first-order valence-electron chi connectivity index (χ1n) is 11.7. The Morgan fingerprint density at radius 2 is 1.68 bits per heavy atom. The summed E-state index contributed by atoms with van der Waals surface area (Å²) in [5.74, 6) is -0.382. The van der Waals surface area contributed by atoms with Gasteiger partial charge >= 0.3 is 0 Å². The van der Waals surface area contributed by atoms with Gasteiger partial charge in [0, 0.05) is 18.1 Å². The average Bonchev–Trinajstić information content (AvgIpc) is 2.90. The number of nitrogens with one attached hydrogen (secondary N) is 1. The highest BCUT2D eigenvalue weighted by atomic mass is 35.5. The van der Waals surface area contributed by atoms with Crippen LogP contribution in [0.2, 0.25) is 5.02 Å². The van der Waals surface area contributed by atoms with Gasteiger partial charge in [-0.05, 0) is 61.9 Å². The number of benzene rings is 3. The zero-order valence-electron chi connectivity index (χ0n) is 20.9. The largest absolute Gasteiger partial charge is 0.497 e. The Morgan fingerprint density at radius 1 is 1.00 bits per heavy atom. The highest BCUT2D eigenvalue weighted by molar-refractivity contribution is 7.92. The van der Waals surface area contributed by atoms with Crippen LogP contribution in [0.5, 0.6) is 5.75 Å². The molecule has 1 unspecified atom stereocenters. The average molecular weight is 544 g/mol. The Labute approximate surface area is 222 Å². The van der Waals surface area contributed by atoms with Gasteiger partial charge in [-0.3, -0.25) is 13.9 Å². The Kier molecular flexibility index (Phi) is 9.54. The number of sulfonamides is 1. The topological polar surface area (TPSA) is 96.0 Å². The number of nitrogens with zero attached hydrogens (tertiary/aromatic N) is 2. The number of ether oxygens (including phenoxy) is 1. The molecule has 8 nitrogen and oxygen atoms in total. The van der Waals surface area contributed by atoms with Gasteiger partial charge in [-0.2, -0.15) is 0 Å². The van der Waals surface area contributed by atoms with Crippen LogP contribution < -0.4 is 14.4 Å². The zero-order valence-corrected chi connectivity index (χ0v) is 22.5. The lowest BCUT2D eigenvalue weighted by molar-refractivity contribution is -0.139. The number of hydrogen-bond donors (Lipinski definition) is 1. The number of likely N-dealkylation sites (N-methyl/N-ethyl adjacent to an activating group) is 1. The van der Waals surface area contributed by atoms with E-state index in [1.54, 1.807) is 32.0 Å². The summed E-state index contributed by atoms with van der Waals surface area (Å²) >= 11 is 6.17. The third-order valence-electron chi connectivity index (χ3n) is 5.74. The van der Waals surface area contributed by atoms with Crippen molar-refractivity contribution in [2.75, 3.05) is 24.5 Å². The molecule has 37 heavy (non-hydrogen) atoms. The molecule has 0 saturated heterocycles. The van der Waals surface area contributed by atoms with Gasteiger partial charge in [0.25, 0.3) is 10.0 Å². The number of methoxy groups -OCH3 is 1. The lowest BCUT2D eigenvalue weighted by atomic mass is 10.1. The summed E-state index contributed by atoms with van der Waals surface area (Å²) in [5.41, 5.74) is 1.03. The van der Waals surface area contributed by atoms with Gasteiger partial charge in [-0.25, -0.2) is 8.42 Å². The van der Waals surface area contributed by atoms with Gasteiger partial charge in [-0.1, -0.05) is 48.0 Å². The minimum Gasteiger partial charge on any atom is -0.497 e. The maximum absolute atomic E-state index is 13.8. The van der Waals surface area contributed by atoms with E-state index in [0.717, 1.165) is 9.87 Å². The molecule has 0 heterocycles. The molecule has 3 aromatic rings. The van der Waals surface area contributed by atoms with E-state index in [2.05, 4.69) is 5.32 Å². The van der Waals surface area contributed by atoms with E-state index in [1.807, 2.05) is 30.3 Å². The van der Waals surface area contributed by atoms with Crippen LogP contribution in [-0.2, 0) is 26.2 Å². The standard InChI is InChI=1S/C27H30ClN3O5S/c1-4-29-27(33)20(2)30(18-21-9-6-5-7-10-21)26(32)19-31(23-12-8-11-22(28)17-23)37(34,35)25-15-13-24(36-3)14-16-25/h5-17,20H,4,18-19H2,1-3H3,(H,29,33). The van der Waals surface area contributed by atoms with Crippen molar-refractivity contribution in [1.29, 1.82) is 0 Å². The molecule has 3 rings (SSSR count). The summed E-state index contributed by atoms with van der Waals surface area (Å²) in [7, 11) is -2.70. The number of carbonyl (C=O) groups excluding carboxylic acids is 2. The van der Waals surface area contributed by atoms with Crippen LogP contribution in [-0.4, -0.2) is 51.4 Å². The molecule has 0 saturated carbocycles. The molecular formula is C27H30ClN3O5S. The summed E-state index contributed by atoms with van der Waals surface area (Å²) < 4.78 is 33.7. The van der Waals surface area contributed by atoms with Crippen molar-refractivity contribution in [3.63, 3.8) is 0 Å². The van der Waals surface area contributed by atoms with Crippen molar-refractivity contribution in [2.24, 2.45) is 0 Å². The fraction of sp³-hybridized carbons (Fsp3) is 0.259. The Hall–Kier alpha value is -3.56. The highest BCUT2D eigenvalue weighted by Crippen LogP contribution is 2.27. The van der Waals surface area contributed by atoms with E-state index in [1.165, 1.54) is 42.3 Å². The van der Waals surface area contributed by atoms with Crippen LogP contribution in [0.4, 0.5) is 5.69 Å². The Balaban J connectivity index is 2.02. The summed E-state index contributed by atoms with van der Waals surface area (Å²) in [5, 5.41) is 3.05. The van der Waals surface area contributed by atoms with Crippen molar-refractivity contribution in [1.82, 2.24) is 10.2 Å². The van der Waals surface area contributed by atoms with Crippen LogP contribution in [0.1, 0.15) is 19.4 Å². The number of halogens is 1. The first-order chi connectivity index (χ1) is 17.7. The fourth-order valence-electron chi connectivity index (χ4n) is 3.72. The second kappa shape index (κ2) is 12.6. The molecule has 10 heteroatoms. The maximum Gasteiger partial charge on any atom is 0.264 e. The number of amides is 2. The SMILES string of the molecule is CCNC(=O)C(C)N(Cc1ccccc1)C(=O)CN(c1cccc(Cl)c1)S(=O)(=O)c1ccc(OC)cc1. The third-order valence-corrected chi connectivity index (χ3v) is 7.76. The third kappa shape index (κ3) is 7.02. The molecule has 0 fully saturated rings. The molecule has 0 spiro atoms. The number of anilines is 1. The molecular weight excluding hydrogens is 514 g/mol. The van der Waals surface area contributed by atoms with Crippen LogP contribution >= 0.6 is 11.6 Å². The van der Waals surface area contributed by atoms with Gasteiger partial charge in [-0.15, -0.1) is 0 Å². The molecule has 196 valence electrons. The molecule has 3 aromatic carbocycles. The van der Waals surface area contributed by atoms with Gasteiger partial charge in [0.2, 0.25) is 11.8 Å². The van der Waals surface area contributed by atoms with E-state index in [-0.39, 0.29) is 23.0 Å². The summed E-state index contributed by atoms with van der Waals surface area (Å²) in [6.07, 6.45) is 0. The van der Waals surface area contributed by atoms with E-state index < -0.39 is 28.5 Å². The predicted octanol–water partition coefficient (Wildman–Crippen LogP) is 4.10. The summed E-state index contributed by atoms with van der Waals surface area (Å²) in [6.45, 7) is 3.40. The monoisotopic (exact) mass is 543 g/mol. The molecule has 0 aliphatic rings. The number of rotatable bonds is 11. The van der Waals surface area contributed by atoms with Crippen LogP contribution in [0.15, 0.2) is 83.8 Å². The Bertz CT molecular complexity index is 1320. The first-order valence-corrected chi connectivity index (χ1v) is 13.5. The summed E-state index contributed by atoms with van der Waals surface area (Å²) in [4.78, 5) is 27.8. The highest BCUT2D eigenvalue weighted by Gasteiger charge is 2.32. The number of hydrogen-bond acceptors (Lipinski definition) is 5. The second-order valence-corrected chi connectivity index (χ2v) is 10.5. The molecule has 2 amide bonds. The minimum absolute atomic E-state index is 0.0209. The number of carbonyl (C=O) groups is 2. The van der Waals surface area contributed by atoms with Crippen LogP contribution in [0.3, 0.4) is 0 Å². The molecule has 0 aliphatic heterocycles. The lowest BCUT2D eigenvalue weighted by Crippen LogP contribution is -2.51. The quantitative estimate of drug-likeness (QED) is 0.393. The van der Waals surface area contributed by atoms with Gasteiger partial charge in [0.15, 0.2) is 0 Å². The fourth-order valence-corrected chi connectivity index (χ4v) is 5.31. The lowest BCUT2D eigenvalue weighted by Gasteiger charge is -2.32. The smallest absolute Gasteiger partial charge is 0.264 e. The van der Waals surface area contributed by atoms with Gasteiger partial charge < -0.3 is 15.0 Å². The van der Waals surface area contributed by atoms with Gasteiger partial charge in [0.1, 0.15) is 18.3 Å². The van der Waals surface area contributed by atoms with Crippen molar-refractivity contribution in [2.45, 2.75) is 31.3 Å². The van der Waals surface area contributed by atoms with E-state index in [0.29, 0.717) is 17.3 Å². The second-order valence-electron chi connectivity index (χ2n) is 8.24. The molecule has 1 atom stereocenters. The van der Waals surface area contributed by atoms with Crippen LogP contribution in [0.25, 0.3) is 0 Å². The summed E-state index contributed by atoms with van der Waals surface area (Å²) in [6, 6.07) is 20.5. The van der Waals surface area contributed by atoms with Gasteiger partial charge in [0.05, 0.1) is 17.7 Å². The van der Waals surface area contributed by atoms with Crippen molar-refractivity contribution in [3.05, 3.63) is 89.4 Å². The van der Waals surface area contributed by atoms with E-state index in [4.69, 9.17) is 16.3 Å².